The highest BCUT2D eigenvalue weighted by atomic mass is 16.5. The van der Waals surface area contributed by atoms with E-state index < -0.39 is 17.7 Å². The summed E-state index contributed by atoms with van der Waals surface area (Å²) in [5, 5.41) is 11.4. The molecule has 0 spiro atoms. The smallest absolute Gasteiger partial charge is 0.300 e. The van der Waals surface area contributed by atoms with Crippen LogP contribution in [0.3, 0.4) is 0 Å². The molecule has 3 aromatic carbocycles. The summed E-state index contributed by atoms with van der Waals surface area (Å²) in [6.45, 7) is 1.91. The van der Waals surface area contributed by atoms with E-state index in [4.69, 9.17) is 9.47 Å². The van der Waals surface area contributed by atoms with Crippen molar-refractivity contribution in [2.75, 3.05) is 19.1 Å². The second-order valence-electron chi connectivity index (χ2n) is 7.43. The average molecular weight is 429 g/mol. The van der Waals surface area contributed by atoms with Gasteiger partial charge in [0.1, 0.15) is 17.3 Å². The molecule has 0 radical (unpaired) electrons. The molecule has 1 N–H and O–H groups in total. The van der Waals surface area contributed by atoms with Crippen LogP contribution in [0.5, 0.6) is 11.5 Å². The van der Waals surface area contributed by atoms with Crippen LogP contribution in [0.15, 0.2) is 78.4 Å². The van der Waals surface area contributed by atoms with Crippen LogP contribution in [0.4, 0.5) is 5.69 Å². The Morgan fingerprint density at radius 1 is 0.906 bits per heavy atom. The van der Waals surface area contributed by atoms with Gasteiger partial charge >= 0.3 is 0 Å². The van der Waals surface area contributed by atoms with Gasteiger partial charge in [-0.05, 0) is 48.4 Å². The monoisotopic (exact) mass is 429 g/mol. The number of aliphatic hydroxyl groups excluding tert-OH is 1. The predicted octanol–water partition coefficient (Wildman–Crippen LogP) is 4.64. The van der Waals surface area contributed by atoms with Gasteiger partial charge in [-0.1, -0.05) is 42.5 Å². The van der Waals surface area contributed by atoms with E-state index in [1.54, 1.807) is 42.5 Å². The SMILES string of the molecule is COc1ccc(OC)c(/C(O)=C2\C(=O)C(=O)N(c3ccccc3)C2c2ccccc2C)c1. The number of anilines is 1. The lowest BCUT2D eigenvalue weighted by atomic mass is 9.92. The third kappa shape index (κ3) is 3.50. The Hall–Kier alpha value is -4.06. The molecule has 162 valence electrons. The number of ether oxygens (including phenoxy) is 2. The van der Waals surface area contributed by atoms with Gasteiger partial charge in [0, 0.05) is 5.69 Å². The molecule has 1 atom stereocenters. The molecule has 1 heterocycles. The fourth-order valence-corrected chi connectivity index (χ4v) is 4.02. The van der Waals surface area contributed by atoms with E-state index in [9.17, 15) is 14.7 Å². The number of benzene rings is 3. The summed E-state index contributed by atoms with van der Waals surface area (Å²) < 4.78 is 10.7. The number of aliphatic hydroxyl groups is 1. The number of ketones is 1. The number of aryl methyl sites for hydroxylation is 1. The van der Waals surface area contributed by atoms with Crippen molar-refractivity contribution in [3.63, 3.8) is 0 Å². The molecule has 1 saturated heterocycles. The third-order valence-corrected chi connectivity index (χ3v) is 5.62. The predicted molar refractivity (Wildman–Crippen MR) is 122 cm³/mol. The van der Waals surface area contributed by atoms with Crippen LogP contribution >= 0.6 is 0 Å². The Labute approximate surface area is 186 Å². The van der Waals surface area contributed by atoms with E-state index in [-0.39, 0.29) is 16.9 Å². The second kappa shape index (κ2) is 8.59. The summed E-state index contributed by atoms with van der Waals surface area (Å²) in [6.07, 6.45) is 0. The highest BCUT2D eigenvalue weighted by Gasteiger charge is 2.47. The Morgan fingerprint density at radius 2 is 1.59 bits per heavy atom. The summed E-state index contributed by atoms with van der Waals surface area (Å²) in [5.74, 6) is -0.932. The van der Waals surface area contributed by atoms with Crippen LogP contribution in [-0.4, -0.2) is 31.0 Å². The number of carbonyl (C=O) groups excluding carboxylic acids is 2. The van der Waals surface area contributed by atoms with E-state index in [1.165, 1.54) is 19.1 Å². The van der Waals surface area contributed by atoms with Crippen molar-refractivity contribution in [2.45, 2.75) is 13.0 Å². The quantitative estimate of drug-likeness (QED) is 0.363. The number of Topliss-reactive ketones (excluding diaryl/α,β-unsaturated/α-hetero) is 1. The first kappa shape index (κ1) is 21.2. The molecule has 0 bridgehead atoms. The first-order valence-electron chi connectivity index (χ1n) is 10.1. The molecule has 1 amide bonds. The molecule has 1 aliphatic heterocycles. The lowest BCUT2D eigenvalue weighted by Crippen LogP contribution is -2.29. The van der Waals surface area contributed by atoms with Crippen molar-refractivity contribution in [2.24, 2.45) is 0 Å². The van der Waals surface area contributed by atoms with Gasteiger partial charge in [-0.2, -0.15) is 0 Å². The average Bonchev–Trinajstić information content (AvgIpc) is 3.09. The third-order valence-electron chi connectivity index (χ3n) is 5.62. The Morgan fingerprint density at radius 3 is 2.25 bits per heavy atom. The molecule has 6 heteroatoms. The van der Waals surface area contributed by atoms with Gasteiger partial charge in [0.05, 0.1) is 31.4 Å². The summed E-state index contributed by atoms with van der Waals surface area (Å²) in [7, 11) is 2.98. The number of amides is 1. The maximum atomic E-state index is 13.3. The summed E-state index contributed by atoms with van der Waals surface area (Å²) >= 11 is 0. The molecule has 1 aliphatic rings. The molecule has 0 aromatic heterocycles. The van der Waals surface area contributed by atoms with Crippen molar-refractivity contribution in [1.82, 2.24) is 0 Å². The zero-order chi connectivity index (χ0) is 22.8. The molecule has 4 rings (SSSR count). The maximum Gasteiger partial charge on any atom is 0.300 e. The number of rotatable bonds is 5. The molecular weight excluding hydrogens is 406 g/mol. The number of carbonyl (C=O) groups is 2. The highest BCUT2D eigenvalue weighted by Crippen LogP contribution is 2.44. The minimum absolute atomic E-state index is 0.000272. The van der Waals surface area contributed by atoms with E-state index in [0.717, 1.165) is 11.1 Å². The highest BCUT2D eigenvalue weighted by molar-refractivity contribution is 6.51. The van der Waals surface area contributed by atoms with Gasteiger partial charge in [-0.15, -0.1) is 0 Å². The summed E-state index contributed by atoms with van der Waals surface area (Å²) in [6, 6.07) is 20.6. The minimum atomic E-state index is -0.797. The van der Waals surface area contributed by atoms with Crippen LogP contribution in [0.2, 0.25) is 0 Å². The molecule has 6 nitrogen and oxygen atoms in total. The zero-order valence-corrected chi connectivity index (χ0v) is 18.0. The van der Waals surface area contributed by atoms with Crippen LogP contribution in [-0.2, 0) is 9.59 Å². The number of hydrogen-bond donors (Lipinski definition) is 1. The fraction of sp³-hybridized carbons (Fsp3) is 0.154. The standard InChI is InChI=1S/C26H23NO5/c1-16-9-7-8-12-19(16)23-22(24(28)20-15-18(31-2)13-14-21(20)32-3)25(29)26(30)27(23)17-10-5-4-6-11-17/h4-15,23,28H,1-3H3/b24-22+. The van der Waals surface area contributed by atoms with Gasteiger partial charge in [0.15, 0.2) is 0 Å². The van der Waals surface area contributed by atoms with E-state index in [2.05, 4.69) is 0 Å². The molecule has 3 aromatic rings. The van der Waals surface area contributed by atoms with E-state index in [0.29, 0.717) is 17.2 Å². The van der Waals surface area contributed by atoms with E-state index >= 15 is 0 Å². The number of para-hydroxylation sites is 1. The van der Waals surface area contributed by atoms with Crippen molar-refractivity contribution < 1.29 is 24.2 Å². The molecule has 0 aliphatic carbocycles. The van der Waals surface area contributed by atoms with Crippen molar-refractivity contribution >= 4 is 23.1 Å². The van der Waals surface area contributed by atoms with Crippen LogP contribution in [0.25, 0.3) is 5.76 Å². The molecule has 32 heavy (non-hydrogen) atoms. The second-order valence-corrected chi connectivity index (χ2v) is 7.43. The first-order valence-corrected chi connectivity index (χ1v) is 10.1. The van der Waals surface area contributed by atoms with Crippen molar-refractivity contribution in [3.05, 3.63) is 95.1 Å². The Bertz CT molecular complexity index is 1220. The lowest BCUT2D eigenvalue weighted by Gasteiger charge is -2.26. The van der Waals surface area contributed by atoms with Crippen LogP contribution in [0.1, 0.15) is 22.7 Å². The molecule has 0 saturated carbocycles. The van der Waals surface area contributed by atoms with Crippen LogP contribution < -0.4 is 14.4 Å². The number of nitrogens with zero attached hydrogens (tertiary/aromatic N) is 1. The summed E-state index contributed by atoms with van der Waals surface area (Å²) in [4.78, 5) is 27.9. The number of methoxy groups -OCH3 is 2. The summed E-state index contributed by atoms with van der Waals surface area (Å²) in [5.41, 5.74) is 2.48. The van der Waals surface area contributed by atoms with Gasteiger partial charge in [-0.25, -0.2) is 0 Å². The zero-order valence-electron chi connectivity index (χ0n) is 18.0. The van der Waals surface area contributed by atoms with Gasteiger partial charge in [0.2, 0.25) is 0 Å². The van der Waals surface area contributed by atoms with E-state index in [1.807, 2.05) is 37.3 Å². The largest absolute Gasteiger partial charge is 0.507 e. The lowest BCUT2D eigenvalue weighted by molar-refractivity contribution is -0.132. The molecular formula is C26H23NO5. The number of hydrogen-bond acceptors (Lipinski definition) is 5. The fourth-order valence-electron chi connectivity index (χ4n) is 4.02. The Kier molecular flexibility index (Phi) is 5.69. The topological polar surface area (TPSA) is 76.1 Å². The van der Waals surface area contributed by atoms with Crippen LogP contribution in [0, 0.1) is 6.92 Å². The van der Waals surface area contributed by atoms with Gasteiger partial charge in [0.25, 0.3) is 11.7 Å². The Balaban J connectivity index is 2.01. The molecule has 1 unspecified atom stereocenters. The maximum absolute atomic E-state index is 13.3. The molecule has 1 fully saturated rings. The van der Waals surface area contributed by atoms with Crippen molar-refractivity contribution in [1.29, 1.82) is 0 Å². The van der Waals surface area contributed by atoms with Gasteiger partial charge < -0.3 is 14.6 Å². The first-order chi connectivity index (χ1) is 15.5. The van der Waals surface area contributed by atoms with Crippen molar-refractivity contribution in [3.8, 4) is 11.5 Å². The normalized spacial score (nSPS) is 17.5. The minimum Gasteiger partial charge on any atom is -0.507 e. The van der Waals surface area contributed by atoms with Gasteiger partial charge in [-0.3, -0.25) is 14.5 Å².